The lowest BCUT2D eigenvalue weighted by Crippen LogP contribution is -2.25. The standard InChI is InChI=1S/C22H24Cl2N4O/c1-4-7-19-20(22(29)26-13-15-8-5-6-11-25-15)21(14(2)3)28(27-19)16-9-10-17(23)18(24)12-16/h5-6,8-12,14H,4,7,13H2,1-3H3,(H,26,29). The summed E-state index contributed by atoms with van der Waals surface area (Å²) in [4.78, 5) is 17.4. The maximum Gasteiger partial charge on any atom is 0.255 e. The van der Waals surface area contributed by atoms with Crippen LogP contribution in [0.25, 0.3) is 5.69 Å². The first-order valence-electron chi connectivity index (χ1n) is 9.67. The highest BCUT2D eigenvalue weighted by molar-refractivity contribution is 6.42. The number of rotatable bonds is 7. The third-order valence-electron chi connectivity index (χ3n) is 4.56. The molecule has 2 heterocycles. The van der Waals surface area contributed by atoms with Gasteiger partial charge < -0.3 is 5.32 Å². The lowest BCUT2D eigenvalue weighted by Gasteiger charge is -2.13. The fourth-order valence-corrected chi connectivity index (χ4v) is 3.54. The zero-order valence-corrected chi connectivity index (χ0v) is 18.3. The molecule has 152 valence electrons. The molecule has 0 fully saturated rings. The first-order chi connectivity index (χ1) is 13.9. The zero-order valence-electron chi connectivity index (χ0n) is 16.7. The Morgan fingerprint density at radius 1 is 1.17 bits per heavy atom. The topological polar surface area (TPSA) is 59.8 Å². The van der Waals surface area contributed by atoms with Crippen LogP contribution in [-0.4, -0.2) is 20.7 Å². The molecule has 0 saturated heterocycles. The van der Waals surface area contributed by atoms with Crippen molar-refractivity contribution in [3.8, 4) is 5.69 Å². The molecule has 0 aliphatic heterocycles. The summed E-state index contributed by atoms with van der Waals surface area (Å²) in [6.07, 6.45) is 3.31. The molecule has 7 heteroatoms. The Hall–Kier alpha value is -2.37. The minimum atomic E-state index is -0.144. The number of carbonyl (C=O) groups is 1. The molecule has 1 aromatic carbocycles. The fourth-order valence-electron chi connectivity index (χ4n) is 3.25. The van der Waals surface area contributed by atoms with Crippen molar-refractivity contribution in [2.45, 2.75) is 46.1 Å². The van der Waals surface area contributed by atoms with Gasteiger partial charge in [0.05, 0.1) is 44.9 Å². The quantitative estimate of drug-likeness (QED) is 0.531. The monoisotopic (exact) mass is 430 g/mol. The Labute approximate surface area is 181 Å². The van der Waals surface area contributed by atoms with Gasteiger partial charge in [0.2, 0.25) is 0 Å². The Balaban J connectivity index is 2.03. The van der Waals surface area contributed by atoms with Crippen molar-refractivity contribution in [3.63, 3.8) is 0 Å². The second-order valence-electron chi connectivity index (χ2n) is 7.13. The summed E-state index contributed by atoms with van der Waals surface area (Å²) in [7, 11) is 0. The molecule has 0 bridgehead atoms. The lowest BCUT2D eigenvalue weighted by atomic mass is 10.0. The Morgan fingerprint density at radius 2 is 1.97 bits per heavy atom. The molecule has 0 aliphatic rings. The molecule has 3 aromatic rings. The van der Waals surface area contributed by atoms with Gasteiger partial charge in [-0.15, -0.1) is 0 Å². The SMILES string of the molecule is CCCc1nn(-c2ccc(Cl)c(Cl)c2)c(C(C)C)c1C(=O)NCc1ccccn1. The zero-order chi connectivity index (χ0) is 21.0. The predicted molar refractivity (Wildman–Crippen MR) is 117 cm³/mol. The summed E-state index contributed by atoms with van der Waals surface area (Å²) >= 11 is 12.3. The summed E-state index contributed by atoms with van der Waals surface area (Å²) in [5.74, 6) is -0.0627. The molecule has 0 atom stereocenters. The summed E-state index contributed by atoms with van der Waals surface area (Å²) in [5, 5.41) is 8.70. The summed E-state index contributed by atoms with van der Waals surface area (Å²) < 4.78 is 1.81. The first kappa shape index (κ1) is 21.3. The maximum atomic E-state index is 13.2. The van der Waals surface area contributed by atoms with E-state index in [9.17, 15) is 4.79 Å². The van der Waals surface area contributed by atoms with Gasteiger partial charge in [0.15, 0.2) is 0 Å². The van der Waals surface area contributed by atoms with Crippen LogP contribution in [0.5, 0.6) is 0 Å². The number of benzene rings is 1. The molecule has 1 N–H and O–H groups in total. The van der Waals surface area contributed by atoms with Crippen molar-refractivity contribution in [2.75, 3.05) is 0 Å². The van der Waals surface area contributed by atoms with Crippen molar-refractivity contribution in [3.05, 3.63) is 75.3 Å². The third-order valence-corrected chi connectivity index (χ3v) is 5.30. The van der Waals surface area contributed by atoms with E-state index in [-0.39, 0.29) is 11.8 Å². The van der Waals surface area contributed by atoms with Crippen molar-refractivity contribution < 1.29 is 4.79 Å². The highest BCUT2D eigenvalue weighted by atomic mass is 35.5. The smallest absolute Gasteiger partial charge is 0.255 e. The highest BCUT2D eigenvalue weighted by Gasteiger charge is 2.26. The Morgan fingerprint density at radius 3 is 2.59 bits per heavy atom. The molecule has 0 aliphatic carbocycles. The molecule has 5 nitrogen and oxygen atoms in total. The van der Waals surface area contributed by atoms with Crippen LogP contribution >= 0.6 is 23.2 Å². The fraction of sp³-hybridized carbons (Fsp3) is 0.318. The summed E-state index contributed by atoms with van der Waals surface area (Å²) in [6, 6.07) is 11.0. The largest absolute Gasteiger partial charge is 0.346 e. The number of carbonyl (C=O) groups excluding carboxylic acids is 1. The molecule has 3 rings (SSSR count). The lowest BCUT2D eigenvalue weighted by molar-refractivity contribution is 0.0948. The van der Waals surface area contributed by atoms with Gasteiger partial charge >= 0.3 is 0 Å². The third kappa shape index (κ3) is 4.80. The molecular formula is C22H24Cl2N4O. The van der Waals surface area contributed by atoms with Gasteiger partial charge in [-0.25, -0.2) is 4.68 Å². The highest BCUT2D eigenvalue weighted by Crippen LogP contribution is 2.30. The van der Waals surface area contributed by atoms with E-state index in [4.69, 9.17) is 28.3 Å². The normalized spacial score (nSPS) is 11.1. The minimum absolute atomic E-state index is 0.0816. The van der Waals surface area contributed by atoms with Crippen LogP contribution in [0.1, 0.15) is 60.5 Å². The number of pyridine rings is 1. The van der Waals surface area contributed by atoms with Gasteiger partial charge in [-0.05, 0) is 42.7 Å². The molecule has 2 aromatic heterocycles. The number of nitrogens with one attached hydrogen (secondary N) is 1. The average molecular weight is 431 g/mol. The Kier molecular flexibility index (Phi) is 6.93. The number of hydrogen-bond acceptors (Lipinski definition) is 3. The summed E-state index contributed by atoms with van der Waals surface area (Å²) in [6.45, 7) is 6.54. The van der Waals surface area contributed by atoms with Crippen molar-refractivity contribution >= 4 is 29.1 Å². The Bertz CT molecular complexity index is 1000. The number of aromatic nitrogens is 3. The van der Waals surface area contributed by atoms with Crippen LogP contribution < -0.4 is 5.32 Å². The van der Waals surface area contributed by atoms with E-state index in [1.165, 1.54) is 0 Å². The van der Waals surface area contributed by atoms with Gasteiger partial charge in [0.1, 0.15) is 0 Å². The molecule has 0 saturated carbocycles. The molecule has 29 heavy (non-hydrogen) atoms. The van der Waals surface area contributed by atoms with Gasteiger partial charge in [-0.1, -0.05) is 56.5 Å². The van der Waals surface area contributed by atoms with E-state index < -0.39 is 0 Å². The number of aryl methyl sites for hydroxylation is 1. The van der Waals surface area contributed by atoms with Crippen LogP contribution in [0.4, 0.5) is 0 Å². The number of nitrogens with zero attached hydrogens (tertiary/aromatic N) is 3. The van der Waals surface area contributed by atoms with Crippen LogP contribution in [0, 0.1) is 0 Å². The van der Waals surface area contributed by atoms with Crippen LogP contribution in [-0.2, 0) is 13.0 Å². The minimum Gasteiger partial charge on any atom is -0.346 e. The van der Waals surface area contributed by atoms with Crippen molar-refractivity contribution in [1.29, 1.82) is 0 Å². The van der Waals surface area contributed by atoms with Crippen LogP contribution in [0.2, 0.25) is 10.0 Å². The second kappa shape index (κ2) is 9.42. The molecule has 0 radical (unpaired) electrons. The van der Waals surface area contributed by atoms with Crippen molar-refractivity contribution in [1.82, 2.24) is 20.1 Å². The molecule has 0 unspecified atom stereocenters. The average Bonchev–Trinajstić information content (AvgIpc) is 3.09. The number of hydrogen-bond donors (Lipinski definition) is 1. The van der Waals surface area contributed by atoms with E-state index in [0.29, 0.717) is 28.6 Å². The number of halogens is 2. The number of amides is 1. The van der Waals surface area contributed by atoms with Crippen LogP contribution in [0.15, 0.2) is 42.6 Å². The van der Waals surface area contributed by atoms with Gasteiger partial charge in [0, 0.05) is 6.20 Å². The predicted octanol–water partition coefficient (Wildman–Crippen LogP) is 5.58. The van der Waals surface area contributed by atoms with E-state index >= 15 is 0 Å². The van der Waals surface area contributed by atoms with E-state index in [2.05, 4.69) is 31.1 Å². The van der Waals surface area contributed by atoms with Gasteiger partial charge in [-0.3, -0.25) is 9.78 Å². The van der Waals surface area contributed by atoms with Crippen molar-refractivity contribution in [2.24, 2.45) is 0 Å². The van der Waals surface area contributed by atoms with Crippen LogP contribution in [0.3, 0.4) is 0 Å². The molecule has 0 spiro atoms. The second-order valence-corrected chi connectivity index (χ2v) is 7.94. The first-order valence-corrected chi connectivity index (χ1v) is 10.4. The van der Waals surface area contributed by atoms with E-state index in [0.717, 1.165) is 29.2 Å². The molecular weight excluding hydrogens is 407 g/mol. The summed E-state index contributed by atoms with van der Waals surface area (Å²) in [5.41, 5.74) is 3.85. The maximum absolute atomic E-state index is 13.2. The van der Waals surface area contributed by atoms with E-state index in [1.54, 1.807) is 18.3 Å². The van der Waals surface area contributed by atoms with E-state index in [1.807, 2.05) is 28.9 Å². The van der Waals surface area contributed by atoms with Gasteiger partial charge in [0.25, 0.3) is 5.91 Å². The molecule has 1 amide bonds. The van der Waals surface area contributed by atoms with Gasteiger partial charge in [-0.2, -0.15) is 5.10 Å².